The van der Waals surface area contributed by atoms with Crippen molar-refractivity contribution >= 4 is 11.6 Å². The minimum absolute atomic E-state index is 0.185. The van der Waals surface area contributed by atoms with Crippen molar-refractivity contribution in [3.05, 3.63) is 0 Å². The second kappa shape index (κ2) is 5.90. The molecule has 0 spiro atoms. The highest BCUT2D eigenvalue weighted by molar-refractivity contribution is 6.18. The molecule has 0 aliphatic heterocycles. The van der Waals surface area contributed by atoms with Gasteiger partial charge in [0.1, 0.15) is 6.61 Å². The number of rotatable bonds is 4. The van der Waals surface area contributed by atoms with Crippen LogP contribution in [0.15, 0.2) is 0 Å². The van der Waals surface area contributed by atoms with Crippen LogP contribution in [0.1, 0.15) is 0 Å². The fourth-order valence-electron chi connectivity index (χ4n) is 0.298. The van der Waals surface area contributed by atoms with E-state index in [1.165, 1.54) is 0 Å². The fourth-order valence-corrected chi connectivity index (χ4v) is 0.388. The average molecular weight is 149 g/mol. The van der Waals surface area contributed by atoms with E-state index in [2.05, 4.69) is 5.92 Å². The Balaban J connectivity index is 2.99. The van der Waals surface area contributed by atoms with Crippen molar-refractivity contribution in [3.8, 4) is 12.3 Å². The molecule has 0 saturated heterocycles. The zero-order chi connectivity index (χ0) is 7.11. The molecule has 0 aromatic carbocycles. The summed E-state index contributed by atoms with van der Waals surface area (Å²) in [4.78, 5) is 0. The number of hydrogen-bond acceptors (Lipinski definition) is 2. The molecular weight excluding hydrogens is 140 g/mol. The molecule has 0 radical (unpaired) electrons. The van der Waals surface area contributed by atoms with E-state index in [1.807, 2.05) is 0 Å². The predicted molar refractivity (Wildman–Crippen MR) is 36.4 cm³/mol. The predicted octanol–water partition coefficient (Wildman–Crippen LogP) is 0.236. The second-order valence-corrected chi connectivity index (χ2v) is 1.84. The topological polar surface area (TPSA) is 29.5 Å². The lowest BCUT2D eigenvalue weighted by atomic mass is 10.4. The fraction of sp³-hybridized carbons (Fsp3) is 0.667. The van der Waals surface area contributed by atoms with Gasteiger partial charge in [-0.3, -0.25) is 0 Å². The van der Waals surface area contributed by atoms with Crippen LogP contribution in [0.5, 0.6) is 0 Å². The second-order valence-electron chi connectivity index (χ2n) is 1.53. The highest BCUT2D eigenvalue weighted by Crippen LogP contribution is 1.87. The van der Waals surface area contributed by atoms with E-state index in [1.54, 1.807) is 0 Å². The van der Waals surface area contributed by atoms with Crippen LogP contribution in [-0.2, 0) is 4.74 Å². The summed E-state index contributed by atoms with van der Waals surface area (Å²) in [5, 5.41) is 8.76. The van der Waals surface area contributed by atoms with Crippen molar-refractivity contribution in [3.63, 3.8) is 0 Å². The van der Waals surface area contributed by atoms with Gasteiger partial charge >= 0.3 is 0 Å². The minimum atomic E-state index is -0.597. The first-order valence-electron chi connectivity index (χ1n) is 2.56. The van der Waals surface area contributed by atoms with Gasteiger partial charge in [0.05, 0.1) is 18.6 Å². The lowest BCUT2D eigenvalue weighted by Gasteiger charge is -2.03. The van der Waals surface area contributed by atoms with Crippen molar-refractivity contribution in [1.29, 1.82) is 0 Å². The molecule has 0 heterocycles. The van der Waals surface area contributed by atoms with Gasteiger partial charge in [-0.1, -0.05) is 5.92 Å². The smallest absolute Gasteiger partial charge is 0.107 e. The molecule has 0 amide bonds. The number of aliphatic hydroxyl groups excluding tert-OH is 1. The molecule has 9 heavy (non-hydrogen) atoms. The van der Waals surface area contributed by atoms with Gasteiger partial charge in [0.2, 0.25) is 0 Å². The molecule has 52 valence electrons. The third kappa shape index (κ3) is 5.64. The first-order chi connectivity index (χ1) is 4.31. The van der Waals surface area contributed by atoms with E-state index in [4.69, 9.17) is 27.9 Å². The monoisotopic (exact) mass is 148 g/mol. The van der Waals surface area contributed by atoms with E-state index < -0.39 is 6.10 Å². The molecule has 0 rings (SSSR count). The van der Waals surface area contributed by atoms with Gasteiger partial charge in [-0.2, -0.15) is 0 Å². The van der Waals surface area contributed by atoms with E-state index in [0.29, 0.717) is 0 Å². The summed E-state index contributed by atoms with van der Waals surface area (Å²) in [6.07, 6.45) is 4.27. The van der Waals surface area contributed by atoms with Crippen LogP contribution < -0.4 is 0 Å². The number of hydrogen-bond donors (Lipinski definition) is 1. The summed E-state index contributed by atoms with van der Waals surface area (Å²) in [6.45, 7) is 0.446. The van der Waals surface area contributed by atoms with Gasteiger partial charge in [-0.05, 0) is 0 Å². The van der Waals surface area contributed by atoms with Gasteiger partial charge in [-0.25, -0.2) is 0 Å². The minimum Gasteiger partial charge on any atom is -0.389 e. The zero-order valence-electron chi connectivity index (χ0n) is 5.01. The Morgan fingerprint density at radius 1 is 1.78 bits per heavy atom. The van der Waals surface area contributed by atoms with Crippen LogP contribution in [0, 0.1) is 12.3 Å². The van der Waals surface area contributed by atoms with E-state index >= 15 is 0 Å². The average Bonchev–Trinajstić information content (AvgIpc) is 1.89. The molecule has 0 unspecified atom stereocenters. The summed E-state index contributed by atoms with van der Waals surface area (Å²) in [6, 6.07) is 0. The molecule has 1 N–H and O–H groups in total. The Bertz CT molecular complexity index is 97.7. The van der Waals surface area contributed by atoms with Crippen molar-refractivity contribution in [2.45, 2.75) is 6.10 Å². The Labute approximate surface area is 59.8 Å². The number of aliphatic hydroxyl groups is 1. The molecule has 0 aromatic heterocycles. The van der Waals surface area contributed by atoms with Crippen LogP contribution in [0.25, 0.3) is 0 Å². The lowest BCUT2D eigenvalue weighted by molar-refractivity contribution is 0.0640. The van der Waals surface area contributed by atoms with Gasteiger partial charge < -0.3 is 9.84 Å². The standard InChI is InChI=1S/C6H9ClO2/c1-2-3-9-5-6(8)4-7/h1,6,8H,3-5H2/t6-/m1/s1. The van der Waals surface area contributed by atoms with Crippen molar-refractivity contribution in [2.24, 2.45) is 0 Å². The van der Waals surface area contributed by atoms with E-state index in [0.717, 1.165) is 0 Å². The van der Waals surface area contributed by atoms with Crippen LogP contribution in [0.3, 0.4) is 0 Å². The molecular formula is C6H9ClO2. The molecule has 2 nitrogen and oxygen atoms in total. The molecule has 1 atom stereocenters. The third-order valence-electron chi connectivity index (χ3n) is 0.674. The van der Waals surface area contributed by atoms with Gasteiger partial charge in [-0.15, -0.1) is 18.0 Å². The normalized spacial score (nSPS) is 12.6. The summed E-state index contributed by atoms with van der Waals surface area (Å²) in [5.74, 6) is 2.46. The summed E-state index contributed by atoms with van der Waals surface area (Å²) in [7, 11) is 0. The van der Waals surface area contributed by atoms with Gasteiger partial charge in [0, 0.05) is 0 Å². The van der Waals surface area contributed by atoms with Crippen LogP contribution in [-0.4, -0.2) is 30.3 Å². The summed E-state index contributed by atoms with van der Waals surface area (Å²) < 4.78 is 4.76. The van der Waals surface area contributed by atoms with Crippen molar-refractivity contribution in [1.82, 2.24) is 0 Å². The van der Waals surface area contributed by atoms with Crippen LogP contribution >= 0.6 is 11.6 Å². The Kier molecular flexibility index (Phi) is 5.75. The van der Waals surface area contributed by atoms with Crippen LogP contribution in [0.2, 0.25) is 0 Å². The van der Waals surface area contributed by atoms with Gasteiger partial charge in [0.15, 0.2) is 0 Å². The SMILES string of the molecule is C#CCOC[C@H](O)CCl. The van der Waals surface area contributed by atoms with Crippen LogP contribution in [0.4, 0.5) is 0 Å². The summed E-state index contributed by atoms with van der Waals surface area (Å²) in [5.41, 5.74) is 0. The number of halogens is 1. The van der Waals surface area contributed by atoms with Crippen molar-refractivity contribution < 1.29 is 9.84 Å². The molecule has 0 saturated carbocycles. The molecule has 0 aromatic rings. The van der Waals surface area contributed by atoms with Crippen molar-refractivity contribution in [2.75, 3.05) is 19.1 Å². The lowest BCUT2D eigenvalue weighted by Crippen LogP contribution is -2.16. The van der Waals surface area contributed by atoms with E-state index in [-0.39, 0.29) is 19.1 Å². The zero-order valence-corrected chi connectivity index (χ0v) is 5.77. The Morgan fingerprint density at radius 3 is 2.89 bits per heavy atom. The Hall–Kier alpha value is -0.230. The van der Waals surface area contributed by atoms with Gasteiger partial charge in [0.25, 0.3) is 0 Å². The number of terminal acetylenes is 1. The Morgan fingerprint density at radius 2 is 2.44 bits per heavy atom. The molecule has 0 aliphatic carbocycles. The highest BCUT2D eigenvalue weighted by Gasteiger charge is 1.98. The third-order valence-corrected chi connectivity index (χ3v) is 1.03. The maximum absolute atomic E-state index is 8.76. The number of ether oxygens (including phenoxy) is 1. The maximum atomic E-state index is 8.76. The molecule has 0 aliphatic rings. The largest absolute Gasteiger partial charge is 0.389 e. The maximum Gasteiger partial charge on any atom is 0.107 e. The van der Waals surface area contributed by atoms with E-state index in [9.17, 15) is 0 Å². The highest BCUT2D eigenvalue weighted by atomic mass is 35.5. The molecule has 0 fully saturated rings. The quantitative estimate of drug-likeness (QED) is 0.352. The first kappa shape index (κ1) is 8.77. The number of alkyl halides is 1. The first-order valence-corrected chi connectivity index (χ1v) is 3.10. The summed E-state index contributed by atoms with van der Waals surface area (Å²) >= 11 is 5.25. The molecule has 3 heteroatoms. The molecule has 0 bridgehead atoms.